The number of anilines is 2. The van der Waals surface area contributed by atoms with Gasteiger partial charge in [-0.1, -0.05) is 58.7 Å². The van der Waals surface area contributed by atoms with Crippen molar-refractivity contribution in [2.75, 3.05) is 17.3 Å². The highest BCUT2D eigenvalue weighted by atomic mass is 35.5. The van der Waals surface area contributed by atoms with Crippen LogP contribution in [0.4, 0.5) is 11.6 Å². The first-order chi connectivity index (χ1) is 14.3. The van der Waals surface area contributed by atoms with Crippen LogP contribution in [0.5, 0.6) is 0 Å². The Balaban J connectivity index is 2.13. The molecule has 1 aromatic rings. The summed E-state index contributed by atoms with van der Waals surface area (Å²) in [5.74, 6) is 0.962. The number of hydrogen-bond donors (Lipinski definition) is 3. The third kappa shape index (κ3) is 4.84. The molecule has 162 valence electrons. The van der Waals surface area contributed by atoms with Crippen molar-refractivity contribution in [3.63, 3.8) is 0 Å². The van der Waals surface area contributed by atoms with E-state index >= 15 is 0 Å². The maximum Gasteiger partial charge on any atom is 0.223 e. The first kappa shape index (κ1) is 22.3. The summed E-state index contributed by atoms with van der Waals surface area (Å²) >= 11 is 6.19. The van der Waals surface area contributed by atoms with Gasteiger partial charge in [0.25, 0.3) is 0 Å². The van der Waals surface area contributed by atoms with Crippen LogP contribution >= 0.6 is 11.6 Å². The summed E-state index contributed by atoms with van der Waals surface area (Å²) in [4.78, 5) is 4.87. The summed E-state index contributed by atoms with van der Waals surface area (Å²) in [6, 6.07) is 7.53. The average molecular weight is 431 g/mol. The van der Waals surface area contributed by atoms with E-state index in [9.17, 15) is 5.11 Å². The molecular weight excluding hydrogens is 400 g/mol. The molecule has 0 saturated heterocycles. The van der Waals surface area contributed by atoms with Crippen LogP contribution < -0.4 is 10.7 Å². The van der Waals surface area contributed by atoms with E-state index in [-0.39, 0.29) is 11.8 Å². The number of aromatic nitrogens is 4. The molecular formula is C22H31ClN6O. The number of halogens is 1. The van der Waals surface area contributed by atoms with Crippen LogP contribution in [0.3, 0.4) is 0 Å². The fraction of sp³-hybridized carbons (Fsp3) is 0.500. The van der Waals surface area contributed by atoms with Crippen LogP contribution in [0, 0.1) is 5.92 Å². The van der Waals surface area contributed by atoms with Gasteiger partial charge in [0.05, 0.1) is 23.2 Å². The summed E-state index contributed by atoms with van der Waals surface area (Å²) in [5, 5.41) is 23.2. The highest BCUT2D eigenvalue weighted by Crippen LogP contribution is 2.32. The summed E-state index contributed by atoms with van der Waals surface area (Å²) in [7, 11) is 0. The molecule has 0 aliphatic carbocycles. The standard InChI is InChI=1S/C22H31ClN6O/c1-6-8-17-20-21(19(14(4)5)26-27-20)25-22(24-12-18(30)13(2)3)29(17)28-16-10-7-9-15(23)11-16/h7,9-11,13-14,18,28,30H,6,8,12H2,1-5H3,(H,24,25). The summed E-state index contributed by atoms with van der Waals surface area (Å²) in [6.07, 6.45) is 1.25. The normalized spacial score (nSPS) is 12.7. The van der Waals surface area contributed by atoms with Gasteiger partial charge in [-0.05, 0) is 36.5 Å². The largest absolute Gasteiger partial charge is 0.391 e. The second-order valence-corrected chi connectivity index (χ2v) is 8.66. The number of nitrogens with one attached hydrogen (secondary N) is 2. The number of nitrogens with zero attached hydrogens (tertiary/aromatic N) is 4. The van der Waals surface area contributed by atoms with E-state index in [2.05, 4.69) is 41.7 Å². The lowest BCUT2D eigenvalue weighted by Crippen LogP contribution is -2.29. The second kappa shape index (κ2) is 9.62. The number of aliphatic hydroxyl groups is 1. The van der Waals surface area contributed by atoms with Gasteiger partial charge in [0.2, 0.25) is 5.95 Å². The molecule has 3 N–H and O–H groups in total. The highest BCUT2D eigenvalue weighted by Gasteiger charge is 2.26. The van der Waals surface area contributed by atoms with Crippen LogP contribution in [0.25, 0.3) is 11.4 Å². The maximum atomic E-state index is 10.3. The topological polar surface area (TPSA) is 87.9 Å². The van der Waals surface area contributed by atoms with Crippen molar-refractivity contribution in [1.29, 1.82) is 0 Å². The van der Waals surface area contributed by atoms with Gasteiger partial charge in [0.1, 0.15) is 11.4 Å². The Morgan fingerprint density at radius 3 is 2.53 bits per heavy atom. The zero-order valence-electron chi connectivity index (χ0n) is 18.3. The van der Waals surface area contributed by atoms with Crippen molar-refractivity contribution in [2.45, 2.75) is 59.5 Å². The lowest BCUT2D eigenvalue weighted by Gasteiger charge is -2.24. The molecule has 0 aromatic heterocycles. The van der Waals surface area contributed by atoms with E-state index in [0.717, 1.165) is 41.3 Å². The average Bonchev–Trinajstić information content (AvgIpc) is 3.12. The predicted molar refractivity (Wildman–Crippen MR) is 122 cm³/mol. The minimum absolute atomic E-state index is 0.138. The quantitative estimate of drug-likeness (QED) is 0.451. The van der Waals surface area contributed by atoms with Gasteiger partial charge in [0, 0.05) is 11.6 Å². The molecule has 2 heterocycles. The fourth-order valence-electron chi connectivity index (χ4n) is 3.23. The molecule has 0 spiro atoms. The Labute approximate surface area is 183 Å². The first-order valence-corrected chi connectivity index (χ1v) is 10.9. The van der Waals surface area contributed by atoms with Crippen molar-refractivity contribution >= 4 is 23.2 Å². The van der Waals surface area contributed by atoms with E-state index < -0.39 is 6.10 Å². The van der Waals surface area contributed by atoms with Crippen molar-refractivity contribution in [3.8, 4) is 11.4 Å². The number of fused-ring (bicyclic) bond motifs is 1. The van der Waals surface area contributed by atoms with Crippen molar-refractivity contribution in [3.05, 3.63) is 40.7 Å². The van der Waals surface area contributed by atoms with E-state index in [1.54, 1.807) is 0 Å². The Bertz CT molecular complexity index is 955. The summed E-state index contributed by atoms with van der Waals surface area (Å²) < 4.78 is 1.91. The molecule has 3 rings (SSSR count). The van der Waals surface area contributed by atoms with Gasteiger partial charge >= 0.3 is 0 Å². The maximum absolute atomic E-state index is 10.3. The molecule has 0 bridgehead atoms. The SMILES string of the molecule is CCCc1c2nnc(C(C)C)c-2nc(NCC(O)C(C)C)n1Nc1cccc(Cl)c1. The monoisotopic (exact) mass is 430 g/mol. The molecule has 2 aliphatic heterocycles. The summed E-state index contributed by atoms with van der Waals surface area (Å²) in [5.41, 5.74) is 7.71. The minimum atomic E-state index is -0.489. The van der Waals surface area contributed by atoms with Gasteiger partial charge in [-0.15, -0.1) is 5.10 Å². The molecule has 1 aromatic carbocycles. The predicted octanol–water partition coefficient (Wildman–Crippen LogP) is 4.81. The first-order valence-electron chi connectivity index (χ1n) is 10.5. The minimum Gasteiger partial charge on any atom is -0.391 e. The molecule has 0 fully saturated rings. The summed E-state index contributed by atoms with van der Waals surface area (Å²) in [6.45, 7) is 10.7. The highest BCUT2D eigenvalue weighted by molar-refractivity contribution is 6.30. The molecule has 0 radical (unpaired) electrons. The Kier molecular flexibility index (Phi) is 7.15. The van der Waals surface area contributed by atoms with E-state index in [1.807, 2.05) is 42.8 Å². The molecule has 2 aliphatic rings. The Morgan fingerprint density at radius 2 is 1.90 bits per heavy atom. The van der Waals surface area contributed by atoms with Crippen molar-refractivity contribution in [1.82, 2.24) is 19.9 Å². The van der Waals surface area contributed by atoms with Crippen LogP contribution in [0.1, 0.15) is 58.3 Å². The lowest BCUT2D eigenvalue weighted by molar-refractivity contribution is 0.137. The molecule has 0 amide bonds. The van der Waals surface area contributed by atoms with Gasteiger partial charge in [-0.2, -0.15) is 5.10 Å². The smallest absolute Gasteiger partial charge is 0.223 e. The third-order valence-electron chi connectivity index (χ3n) is 5.04. The van der Waals surface area contributed by atoms with Gasteiger partial charge in [-0.3, -0.25) is 5.43 Å². The van der Waals surface area contributed by atoms with E-state index in [1.165, 1.54) is 0 Å². The Morgan fingerprint density at radius 1 is 1.13 bits per heavy atom. The van der Waals surface area contributed by atoms with E-state index in [4.69, 9.17) is 16.6 Å². The lowest BCUT2D eigenvalue weighted by atomic mass is 10.0. The number of aliphatic hydroxyl groups excluding tert-OH is 1. The third-order valence-corrected chi connectivity index (χ3v) is 5.27. The van der Waals surface area contributed by atoms with Gasteiger partial charge < -0.3 is 10.4 Å². The molecule has 1 atom stereocenters. The van der Waals surface area contributed by atoms with Crippen LogP contribution in [-0.4, -0.2) is 37.6 Å². The van der Waals surface area contributed by atoms with Crippen molar-refractivity contribution in [2.24, 2.45) is 5.92 Å². The number of hydrogen-bond acceptors (Lipinski definition) is 6. The number of benzene rings is 1. The number of rotatable bonds is 9. The second-order valence-electron chi connectivity index (χ2n) is 8.22. The molecule has 7 nitrogen and oxygen atoms in total. The molecule has 30 heavy (non-hydrogen) atoms. The van der Waals surface area contributed by atoms with Crippen LogP contribution in [0.2, 0.25) is 5.02 Å². The zero-order chi connectivity index (χ0) is 21.8. The molecule has 1 unspecified atom stereocenters. The van der Waals surface area contributed by atoms with Crippen LogP contribution in [0.15, 0.2) is 24.3 Å². The van der Waals surface area contributed by atoms with Crippen molar-refractivity contribution < 1.29 is 5.11 Å². The Hall–Kier alpha value is -2.38. The van der Waals surface area contributed by atoms with Gasteiger partial charge in [0.15, 0.2) is 0 Å². The zero-order valence-corrected chi connectivity index (χ0v) is 19.0. The molecule has 0 saturated carbocycles. The fourth-order valence-corrected chi connectivity index (χ4v) is 3.42. The van der Waals surface area contributed by atoms with Crippen LogP contribution in [-0.2, 0) is 6.42 Å². The van der Waals surface area contributed by atoms with E-state index in [0.29, 0.717) is 17.5 Å². The van der Waals surface area contributed by atoms with Gasteiger partial charge in [-0.25, -0.2) is 9.66 Å². The molecule has 8 heteroatoms.